The summed E-state index contributed by atoms with van der Waals surface area (Å²) < 4.78 is 0. The lowest BCUT2D eigenvalue weighted by atomic mass is 9.95. The molecule has 1 aromatic carbocycles. The minimum absolute atomic E-state index is 0.236. The lowest BCUT2D eigenvalue weighted by Gasteiger charge is -2.35. The largest absolute Gasteiger partial charge is 0.508 e. The molecule has 0 spiro atoms. The Morgan fingerprint density at radius 2 is 2.32 bits per heavy atom. The van der Waals surface area contributed by atoms with E-state index in [0.29, 0.717) is 12.6 Å². The maximum absolute atomic E-state index is 11.1. The van der Waals surface area contributed by atoms with Gasteiger partial charge in [0.05, 0.1) is 5.92 Å². The first kappa shape index (κ1) is 13.9. The Bertz CT molecular complexity index is 447. The molecule has 104 valence electrons. The number of benzene rings is 1. The zero-order chi connectivity index (χ0) is 13.8. The summed E-state index contributed by atoms with van der Waals surface area (Å²) in [4.78, 5) is 13.3. The van der Waals surface area contributed by atoms with Gasteiger partial charge in [0.1, 0.15) is 5.75 Å². The van der Waals surface area contributed by atoms with Crippen molar-refractivity contribution in [1.29, 1.82) is 0 Å². The Kier molecular flexibility index (Phi) is 4.43. The molecule has 2 atom stereocenters. The van der Waals surface area contributed by atoms with Gasteiger partial charge in [-0.25, -0.2) is 0 Å². The first-order valence-electron chi connectivity index (χ1n) is 6.81. The molecule has 0 saturated carbocycles. The van der Waals surface area contributed by atoms with Crippen molar-refractivity contribution < 1.29 is 15.0 Å². The Hall–Kier alpha value is -1.55. The van der Waals surface area contributed by atoms with Crippen molar-refractivity contribution in [3.8, 4) is 5.75 Å². The van der Waals surface area contributed by atoms with Gasteiger partial charge in [0.2, 0.25) is 0 Å². The molecule has 2 N–H and O–H groups in total. The second-order valence-corrected chi connectivity index (χ2v) is 5.40. The summed E-state index contributed by atoms with van der Waals surface area (Å²) in [6, 6.07) is 7.57. The fraction of sp³-hybridized carbons (Fsp3) is 0.533. The van der Waals surface area contributed by atoms with Crippen LogP contribution in [-0.4, -0.2) is 40.2 Å². The summed E-state index contributed by atoms with van der Waals surface area (Å²) >= 11 is 0. The Morgan fingerprint density at radius 1 is 1.53 bits per heavy atom. The highest BCUT2D eigenvalue weighted by atomic mass is 16.4. The molecule has 0 aliphatic carbocycles. The van der Waals surface area contributed by atoms with Crippen LogP contribution in [-0.2, 0) is 11.2 Å². The lowest BCUT2D eigenvalue weighted by Crippen LogP contribution is -2.44. The molecule has 0 aromatic heterocycles. The van der Waals surface area contributed by atoms with Crippen molar-refractivity contribution in [3.63, 3.8) is 0 Å². The SMILES string of the molecule is CC(Cc1cccc(O)c1)N1CCCC(C(=O)O)C1. The van der Waals surface area contributed by atoms with Gasteiger partial charge in [-0.2, -0.15) is 0 Å². The van der Waals surface area contributed by atoms with Crippen LogP contribution in [0.3, 0.4) is 0 Å². The standard InChI is InChI=1S/C15H21NO3/c1-11(8-12-4-2-6-14(17)9-12)16-7-3-5-13(10-16)15(18)19/h2,4,6,9,11,13,17H,3,5,7-8,10H2,1H3,(H,18,19). The molecule has 2 unspecified atom stereocenters. The molecule has 19 heavy (non-hydrogen) atoms. The number of hydrogen-bond acceptors (Lipinski definition) is 3. The van der Waals surface area contributed by atoms with Gasteiger partial charge in [0.15, 0.2) is 0 Å². The van der Waals surface area contributed by atoms with E-state index < -0.39 is 5.97 Å². The van der Waals surface area contributed by atoms with Gasteiger partial charge >= 0.3 is 5.97 Å². The van der Waals surface area contributed by atoms with Crippen molar-refractivity contribution in [2.75, 3.05) is 13.1 Å². The van der Waals surface area contributed by atoms with Gasteiger partial charge in [0, 0.05) is 12.6 Å². The van der Waals surface area contributed by atoms with Gasteiger partial charge in [-0.15, -0.1) is 0 Å². The molecular weight excluding hydrogens is 242 g/mol. The minimum Gasteiger partial charge on any atom is -0.508 e. The highest BCUT2D eigenvalue weighted by Gasteiger charge is 2.27. The molecule has 0 radical (unpaired) electrons. The van der Waals surface area contributed by atoms with Crippen molar-refractivity contribution in [1.82, 2.24) is 4.90 Å². The van der Waals surface area contributed by atoms with Crippen LogP contribution < -0.4 is 0 Å². The minimum atomic E-state index is -0.686. The van der Waals surface area contributed by atoms with E-state index >= 15 is 0 Å². The maximum Gasteiger partial charge on any atom is 0.307 e. The zero-order valence-corrected chi connectivity index (χ0v) is 11.2. The average molecular weight is 263 g/mol. The first-order valence-corrected chi connectivity index (χ1v) is 6.81. The van der Waals surface area contributed by atoms with Crippen molar-refractivity contribution in [2.45, 2.75) is 32.2 Å². The molecule has 1 aliphatic rings. The van der Waals surface area contributed by atoms with E-state index in [9.17, 15) is 9.90 Å². The predicted octanol–water partition coefficient (Wildman–Crippen LogP) is 2.12. The smallest absolute Gasteiger partial charge is 0.307 e. The summed E-state index contributed by atoms with van der Waals surface area (Å²) in [5, 5.41) is 18.6. The summed E-state index contributed by atoms with van der Waals surface area (Å²) in [6.45, 7) is 3.72. The number of phenols is 1. The van der Waals surface area contributed by atoms with Crippen LogP contribution in [0.4, 0.5) is 0 Å². The number of rotatable bonds is 4. The summed E-state index contributed by atoms with van der Waals surface area (Å²) in [7, 11) is 0. The van der Waals surface area contributed by atoms with E-state index in [1.807, 2.05) is 12.1 Å². The van der Waals surface area contributed by atoms with Gasteiger partial charge in [-0.05, 0) is 50.4 Å². The molecule has 4 nitrogen and oxygen atoms in total. The first-order chi connectivity index (χ1) is 9.06. The van der Waals surface area contributed by atoms with Crippen molar-refractivity contribution in [3.05, 3.63) is 29.8 Å². The van der Waals surface area contributed by atoms with Crippen molar-refractivity contribution in [2.24, 2.45) is 5.92 Å². The number of carbonyl (C=O) groups is 1. The fourth-order valence-corrected chi connectivity index (χ4v) is 2.76. The number of carboxylic acid groups (broad SMARTS) is 1. The van der Waals surface area contributed by atoms with Crippen LogP contribution in [0, 0.1) is 5.92 Å². The summed E-state index contributed by atoms with van der Waals surface area (Å²) in [6.07, 6.45) is 2.56. The number of aliphatic carboxylic acids is 1. The Labute approximate surface area is 113 Å². The summed E-state index contributed by atoms with van der Waals surface area (Å²) in [5.74, 6) is -0.638. The fourth-order valence-electron chi connectivity index (χ4n) is 2.76. The number of piperidine rings is 1. The highest BCUT2D eigenvalue weighted by Crippen LogP contribution is 2.21. The molecule has 1 aromatic rings. The number of carboxylic acids is 1. The van der Waals surface area contributed by atoms with Crippen LogP contribution in [0.2, 0.25) is 0 Å². The van der Waals surface area contributed by atoms with Crippen LogP contribution in [0.1, 0.15) is 25.3 Å². The van der Waals surface area contributed by atoms with E-state index in [1.165, 1.54) is 0 Å². The van der Waals surface area contributed by atoms with Crippen LogP contribution >= 0.6 is 0 Å². The van der Waals surface area contributed by atoms with Gasteiger partial charge in [-0.3, -0.25) is 9.69 Å². The highest BCUT2D eigenvalue weighted by molar-refractivity contribution is 5.70. The van der Waals surface area contributed by atoms with Gasteiger partial charge in [-0.1, -0.05) is 12.1 Å². The third-order valence-electron chi connectivity index (χ3n) is 3.87. The third kappa shape index (κ3) is 3.70. The monoisotopic (exact) mass is 263 g/mol. The molecular formula is C15H21NO3. The van der Waals surface area contributed by atoms with Crippen LogP contribution in [0.25, 0.3) is 0 Å². The molecule has 1 fully saturated rings. The molecule has 0 bridgehead atoms. The summed E-state index contributed by atoms with van der Waals surface area (Å²) in [5.41, 5.74) is 1.09. The third-order valence-corrected chi connectivity index (χ3v) is 3.87. The number of nitrogens with zero attached hydrogens (tertiary/aromatic N) is 1. The van der Waals surface area contributed by atoms with E-state index in [0.717, 1.165) is 31.4 Å². The topological polar surface area (TPSA) is 60.8 Å². The van der Waals surface area contributed by atoms with Crippen molar-refractivity contribution >= 4 is 5.97 Å². The molecule has 1 heterocycles. The number of phenolic OH excluding ortho intramolecular Hbond substituents is 1. The van der Waals surface area contributed by atoms with Gasteiger partial charge < -0.3 is 10.2 Å². The number of hydrogen-bond donors (Lipinski definition) is 2. The molecule has 2 rings (SSSR count). The maximum atomic E-state index is 11.1. The lowest BCUT2D eigenvalue weighted by molar-refractivity contribution is -0.143. The zero-order valence-electron chi connectivity index (χ0n) is 11.2. The van der Waals surface area contributed by atoms with E-state index in [-0.39, 0.29) is 11.7 Å². The van der Waals surface area contributed by atoms with Crippen LogP contribution in [0.15, 0.2) is 24.3 Å². The van der Waals surface area contributed by atoms with E-state index in [2.05, 4.69) is 11.8 Å². The van der Waals surface area contributed by atoms with E-state index in [4.69, 9.17) is 5.11 Å². The second-order valence-electron chi connectivity index (χ2n) is 5.40. The number of likely N-dealkylation sites (tertiary alicyclic amines) is 1. The average Bonchev–Trinajstić information content (AvgIpc) is 2.39. The molecule has 1 saturated heterocycles. The number of aromatic hydroxyl groups is 1. The van der Waals surface area contributed by atoms with E-state index in [1.54, 1.807) is 12.1 Å². The molecule has 4 heteroatoms. The predicted molar refractivity (Wildman–Crippen MR) is 73.2 cm³/mol. The van der Waals surface area contributed by atoms with Gasteiger partial charge in [0.25, 0.3) is 0 Å². The second kappa shape index (κ2) is 6.06. The normalized spacial score (nSPS) is 22.1. The Balaban J connectivity index is 1.95. The van der Waals surface area contributed by atoms with Crippen LogP contribution in [0.5, 0.6) is 5.75 Å². The quantitative estimate of drug-likeness (QED) is 0.873. The molecule has 1 aliphatic heterocycles. The Morgan fingerprint density at radius 3 is 3.00 bits per heavy atom. The molecule has 0 amide bonds.